The molecule has 0 aromatic rings. The topological polar surface area (TPSA) is 80.3 Å². The predicted molar refractivity (Wildman–Crippen MR) is 70.2 cm³/mol. The standard InChI is InChI=1S/C13H22O7/c1-3-17-6-7-18-8-9-19-10-11-20-13(15)5-4-12(14)16-2/h4-5H,3,6-11H2,1-2H3/b5-4-. The Labute approximate surface area is 118 Å². The van der Waals surface area contributed by atoms with E-state index >= 15 is 0 Å². The molecule has 0 radical (unpaired) electrons. The molecule has 0 fully saturated rings. The minimum atomic E-state index is -0.619. The van der Waals surface area contributed by atoms with E-state index in [1.54, 1.807) is 0 Å². The van der Waals surface area contributed by atoms with Crippen LogP contribution in [0.25, 0.3) is 0 Å². The molecular weight excluding hydrogens is 268 g/mol. The second kappa shape index (κ2) is 14.0. The molecule has 0 aliphatic heterocycles. The first-order valence-corrected chi connectivity index (χ1v) is 6.36. The highest BCUT2D eigenvalue weighted by Crippen LogP contribution is 1.86. The zero-order valence-corrected chi connectivity index (χ0v) is 12.0. The van der Waals surface area contributed by atoms with Crippen LogP contribution in [0.4, 0.5) is 0 Å². The van der Waals surface area contributed by atoms with Gasteiger partial charge in [-0.15, -0.1) is 0 Å². The lowest BCUT2D eigenvalue weighted by molar-refractivity contribution is -0.140. The minimum Gasteiger partial charge on any atom is -0.466 e. The van der Waals surface area contributed by atoms with E-state index in [9.17, 15) is 9.59 Å². The number of carbonyl (C=O) groups is 2. The maximum atomic E-state index is 11.1. The molecule has 0 aliphatic rings. The van der Waals surface area contributed by atoms with Crippen LogP contribution in [0.5, 0.6) is 0 Å². The third-order valence-electron chi connectivity index (χ3n) is 1.98. The molecule has 0 bridgehead atoms. The van der Waals surface area contributed by atoms with E-state index in [-0.39, 0.29) is 13.2 Å². The Kier molecular flexibility index (Phi) is 13.0. The van der Waals surface area contributed by atoms with Gasteiger partial charge in [-0.2, -0.15) is 0 Å². The van der Waals surface area contributed by atoms with E-state index in [2.05, 4.69) is 4.74 Å². The lowest BCUT2D eigenvalue weighted by atomic mass is 10.5. The molecule has 0 unspecified atom stereocenters. The van der Waals surface area contributed by atoms with Crippen LogP contribution < -0.4 is 0 Å². The highest BCUT2D eigenvalue weighted by Gasteiger charge is 1.99. The van der Waals surface area contributed by atoms with Gasteiger partial charge in [0.25, 0.3) is 0 Å². The van der Waals surface area contributed by atoms with Crippen LogP contribution in [0.2, 0.25) is 0 Å². The molecule has 20 heavy (non-hydrogen) atoms. The third kappa shape index (κ3) is 13.0. The van der Waals surface area contributed by atoms with Crippen LogP contribution in [0.15, 0.2) is 12.2 Å². The van der Waals surface area contributed by atoms with Crippen LogP contribution in [0.3, 0.4) is 0 Å². The predicted octanol–water partition coefficient (Wildman–Crippen LogP) is 0.329. The number of carbonyl (C=O) groups excluding carboxylic acids is 2. The molecule has 0 atom stereocenters. The van der Waals surface area contributed by atoms with Crippen LogP contribution in [0.1, 0.15) is 6.92 Å². The second-order valence-corrected chi connectivity index (χ2v) is 3.45. The third-order valence-corrected chi connectivity index (χ3v) is 1.98. The molecule has 0 saturated heterocycles. The molecule has 0 amide bonds. The lowest BCUT2D eigenvalue weighted by Gasteiger charge is -2.06. The summed E-state index contributed by atoms with van der Waals surface area (Å²) < 4.78 is 24.6. The van der Waals surface area contributed by atoms with Gasteiger partial charge in [0, 0.05) is 18.8 Å². The van der Waals surface area contributed by atoms with Gasteiger partial charge in [0.2, 0.25) is 0 Å². The lowest BCUT2D eigenvalue weighted by Crippen LogP contribution is -2.13. The molecule has 0 N–H and O–H groups in total. The molecule has 116 valence electrons. The number of esters is 2. The monoisotopic (exact) mass is 290 g/mol. The highest BCUT2D eigenvalue weighted by atomic mass is 16.6. The Balaban J connectivity index is 3.29. The summed E-state index contributed by atoms with van der Waals surface area (Å²) in [7, 11) is 1.22. The Morgan fingerprint density at radius 3 is 1.85 bits per heavy atom. The molecular formula is C13H22O7. The summed E-state index contributed by atoms with van der Waals surface area (Å²) in [6.45, 7) is 4.96. The van der Waals surface area contributed by atoms with Crippen molar-refractivity contribution in [2.45, 2.75) is 6.92 Å². The molecule has 7 nitrogen and oxygen atoms in total. The van der Waals surface area contributed by atoms with E-state index in [4.69, 9.17) is 18.9 Å². The zero-order valence-electron chi connectivity index (χ0n) is 12.0. The van der Waals surface area contributed by atoms with Crippen molar-refractivity contribution in [3.05, 3.63) is 12.2 Å². The Morgan fingerprint density at radius 2 is 1.30 bits per heavy atom. The first-order chi connectivity index (χ1) is 9.70. The molecule has 0 aliphatic carbocycles. The van der Waals surface area contributed by atoms with E-state index in [1.165, 1.54) is 7.11 Å². The fourth-order valence-electron chi connectivity index (χ4n) is 1.04. The van der Waals surface area contributed by atoms with E-state index in [1.807, 2.05) is 6.92 Å². The summed E-state index contributed by atoms with van der Waals surface area (Å²) in [5.41, 5.74) is 0. The van der Waals surface area contributed by atoms with E-state index in [0.717, 1.165) is 12.2 Å². The summed E-state index contributed by atoms with van der Waals surface area (Å²) in [6.07, 6.45) is 2.00. The van der Waals surface area contributed by atoms with Crippen molar-refractivity contribution in [3.8, 4) is 0 Å². The summed E-state index contributed by atoms with van der Waals surface area (Å²) in [6, 6.07) is 0. The minimum absolute atomic E-state index is 0.114. The number of methoxy groups -OCH3 is 1. The molecule has 0 spiro atoms. The maximum Gasteiger partial charge on any atom is 0.331 e. The molecule has 0 heterocycles. The number of rotatable bonds is 12. The van der Waals surface area contributed by atoms with Crippen molar-refractivity contribution in [3.63, 3.8) is 0 Å². The summed E-state index contributed by atoms with van der Waals surface area (Å²) in [4.78, 5) is 21.8. The average Bonchev–Trinajstić information content (AvgIpc) is 2.46. The van der Waals surface area contributed by atoms with Crippen molar-refractivity contribution < 1.29 is 33.3 Å². The number of hydrogen-bond donors (Lipinski definition) is 0. The average molecular weight is 290 g/mol. The Hall–Kier alpha value is -1.44. The van der Waals surface area contributed by atoms with Gasteiger partial charge >= 0.3 is 11.9 Å². The Morgan fingerprint density at radius 1 is 0.800 bits per heavy atom. The van der Waals surface area contributed by atoms with Gasteiger partial charge in [0.05, 0.1) is 40.1 Å². The molecule has 0 rings (SSSR count). The fourth-order valence-corrected chi connectivity index (χ4v) is 1.04. The quantitative estimate of drug-likeness (QED) is 0.291. The number of ether oxygens (including phenoxy) is 5. The fraction of sp³-hybridized carbons (Fsp3) is 0.692. The number of hydrogen-bond acceptors (Lipinski definition) is 7. The van der Waals surface area contributed by atoms with Crippen LogP contribution in [-0.4, -0.2) is 65.3 Å². The largest absolute Gasteiger partial charge is 0.466 e. The van der Waals surface area contributed by atoms with Crippen molar-refractivity contribution in [1.29, 1.82) is 0 Å². The maximum absolute atomic E-state index is 11.1. The van der Waals surface area contributed by atoms with E-state index in [0.29, 0.717) is 33.0 Å². The Bertz CT molecular complexity index is 288. The first kappa shape index (κ1) is 18.6. The van der Waals surface area contributed by atoms with Crippen LogP contribution in [0, 0.1) is 0 Å². The molecule has 0 saturated carbocycles. The van der Waals surface area contributed by atoms with Crippen molar-refractivity contribution in [1.82, 2.24) is 0 Å². The van der Waals surface area contributed by atoms with Crippen molar-refractivity contribution >= 4 is 11.9 Å². The van der Waals surface area contributed by atoms with Gasteiger partial charge in [-0.1, -0.05) is 0 Å². The van der Waals surface area contributed by atoms with Gasteiger partial charge in [-0.3, -0.25) is 0 Å². The van der Waals surface area contributed by atoms with Crippen LogP contribution >= 0.6 is 0 Å². The first-order valence-electron chi connectivity index (χ1n) is 6.36. The molecule has 7 heteroatoms. The molecule has 0 aromatic carbocycles. The van der Waals surface area contributed by atoms with E-state index < -0.39 is 11.9 Å². The van der Waals surface area contributed by atoms with Crippen molar-refractivity contribution in [2.75, 3.05) is 53.4 Å². The van der Waals surface area contributed by atoms with Gasteiger partial charge in [-0.25, -0.2) is 9.59 Å². The van der Waals surface area contributed by atoms with Crippen molar-refractivity contribution in [2.24, 2.45) is 0 Å². The summed E-state index contributed by atoms with van der Waals surface area (Å²) in [5.74, 6) is -1.23. The van der Waals surface area contributed by atoms with Gasteiger partial charge in [0.1, 0.15) is 6.61 Å². The normalized spacial score (nSPS) is 10.7. The summed E-state index contributed by atoms with van der Waals surface area (Å²) in [5, 5.41) is 0. The van der Waals surface area contributed by atoms with Gasteiger partial charge < -0.3 is 23.7 Å². The molecule has 0 aromatic heterocycles. The highest BCUT2D eigenvalue weighted by molar-refractivity contribution is 5.91. The summed E-state index contributed by atoms with van der Waals surface area (Å²) >= 11 is 0. The second-order valence-electron chi connectivity index (χ2n) is 3.45. The SMILES string of the molecule is CCOCCOCCOCCOC(=O)/C=C\C(=O)OC. The van der Waals surface area contributed by atoms with Gasteiger partial charge in [0.15, 0.2) is 0 Å². The van der Waals surface area contributed by atoms with Gasteiger partial charge in [-0.05, 0) is 6.92 Å². The zero-order chi connectivity index (χ0) is 15.1. The smallest absolute Gasteiger partial charge is 0.331 e. The van der Waals surface area contributed by atoms with Crippen LogP contribution in [-0.2, 0) is 33.3 Å².